The number of hydrogen-bond donors (Lipinski definition) is 2. The number of pyridine rings is 1. The van der Waals surface area contributed by atoms with E-state index in [1.54, 1.807) is 50.7 Å². The third kappa shape index (κ3) is 4.30. The van der Waals surface area contributed by atoms with Gasteiger partial charge >= 0.3 is 0 Å². The Morgan fingerprint density at radius 2 is 1.62 bits per heavy atom. The summed E-state index contributed by atoms with van der Waals surface area (Å²) >= 11 is 0. The van der Waals surface area contributed by atoms with Crippen LogP contribution in [0.5, 0.6) is 11.5 Å². The van der Waals surface area contributed by atoms with E-state index in [0.717, 1.165) is 17.2 Å². The molecule has 0 radical (unpaired) electrons. The summed E-state index contributed by atoms with van der Waals surface area (Å²) in [7, 11) is 3.21. The van der Waals surface area contributed by atoms with Crippen LogP contribution in [0.3, 0.4) is 0 Å². The standard InChI is InChI=1S/C20H19N3O3/c1-25-18-8-6-15(7-9-18)23-20(24)14-10-17(13-21-12-14)22-16-4-3-5-19(11-16)26-2/h3-13,22H,1-2H3,(H,23,24). The first-order valence-corrected chi connectivity index (χ1v) is 7.99. The first kappa shape index (κ1) is 17.3. The molecule has 6 nitrogen and oxygen atoms in total. The molecule has 2 aromatic carbocycles. The van der Waals surface area contributed by atoms with E-state index in [4.69, 9.17) is 9.47 Å². The molecule has 0 aliphatic rings. The minimum atomic E-state index is -0.239. The van der Waals surface area contributed by atoms with Gasteiger partial charge in [-0.3, -0.25) is 9.78 Å². The summed E-state index contributed by atoms with van der Waals surface area (Å²) in [5.74, 6) is 1.24. The first-order chi connectivity index (χ1) is 12.7. The fourth-order valence-electron chi connectivity index (χ4n) is 2.38. The molecule has 132 valence electrons. The number of rotatable bonds is 6. The number of nitrogens with zero attached hydrogens (tertiary/aromatic N) is 1. The Labute approximate surface area is 151 Å². The average Bonchev–Trinajstić information content (AvgIpc) is 2.69. The molecular formula is C20H19N3O3. The van der Waals surface area contributed by atoms with Gasteiger partial charge in [-0.2, -0.15) is 0 Å². The van der Waals surface area contributed by atoms with E-state index >= 15 is 0 Å². The van der Waals surface area contributed by atoms with Crippen LogP contribution in [0.4, 0.5) is 17.1 Å². The number of carbonyl (C=O) groups excluding carboxylic acids is 1. The van der Waals surface area contributed by atoms with E-state index in [1.807, 2.05) is 24.3 Å². The Kier molecular flexibility index (Phi) is 5.34. The van der Waals surface area contributed by atoms with Crippen molar-refractivity contribution in [3.8, 4) is 11.5 Å². The van der Waals surface area contributed by atoms with Crippen LogP contribution in [0, 0.1) is 0 Å². The highest BCUT2D eigenvalue weighted by molar-refractivity contribution is 6.04. The maximum absolute atomic E-state index is 12.4. The predicted molar refractivity (Wildman–Crippen MR) is 101 cm³/mol. The van der Waals surface area contributed by atoms with Crippen molar-refractivity contribution in [2.24, 2.45) is 0 Å². The zero-order valence-corrected chi connectivity index (χ0v) is 14.5. The number of benzene rings is 2. The maximum atomic E-state index is 12.4. The number of methoxy groups -OCH3 is 2. The molecule has 0 atom stereocenters. The largest absolute Gasteiger partial charge is 0.497 e. The summed E-state index contributed by atoms with van der Waals surface area (Å²) in [6.07, 6.45) is 3.18. The molecule has 1 amide bonds. The molecule has 3 rings (SSSR count). The zero-order valence-electron chi connectivity index (χ0n) is 14.5. The highest BCUT2D eigenvalue weighted by atomic mass is 16.5. The molecule has 26 heavy (non-hydrogen) atoms. The van der Waals surface area contributed by atoms with Crippen molar-refractivity contribution in [3.05, 3.63) is 72.6 Å². The summed E-state index contributed by atoms with van der Waals surface area (Å²) < 4.78 is 10.3. The van der Waals surface area contributed by atoms with Crippen molar-refractivity contribution < 1.29 is 14.3 Å². The molecular weight excluding hydrogens is 330 g/mol. The molecule has 0 unspecified atom stereocenters. The summed E-state index contributed by atoms with van der Waals surface area (Å²) in [6, 6.07) is 16.4. The van der Waals surface area contributed by atoms with E-state index in [0.29, 0.717) is 16.9 Å². The molecule has 0 saturated carbocycles. The zero-order chi connectivity index (χ0) is 18.4. The van der Waals surface area contributed by atoms with Gasteiger partial charge in [0.2, 0.25) is 0 Å². The lowest BCUT2D eigenvalue weighted by atomic mass is 10.2. The normalized spacial score (nSPS) is 10.1. The molecule has 6 heteroatoms. The Balaban J connectivity index is 1.72. The van der Waals surface area contributed by atoms with Crippen LogP contribution in [-0.2, 0) is 0 Å². The van der Waals surface area contributed by atoms with Crippen LogP contribution in [0.25, 0.3) is 0 Å². The Morgan fingerprint density at radius 3 is 2.35 bits per heavy atom. The summed E-state index contributed by atoms with van der Waals surface area (Å²) in [5, 5.41) is 6.05. The Morgan fingerprint density at radius 1 is 0.846 bits per heavy atom. The number of hydrogen-bond acceptors (Lipinski definition) is 5. The molecule has 2 N–H and O–H groups in total. The average molecular weight is 349 g/mol. The third-order valence-electron chi connectivity index (χ3n) is 3.71. The van der Waals surface area contributed by atoms with Crippen molar-refractivity contribution >= 4 is 23.0 Å². The second-order valence-electron chi connectivity index (χ2n) is 5.50. The fraction of sp³-hybridized carbons (Fsp3) is 0.100. The van der Waals surface area contributed by atoms with Crippen molar-refractivity contribution in [1.29, 1.82) is 0 Å². The molecule has 3 aromatic rings. The Bertz CT molecular complexity index is 895. The number of anilines is 3. The van der Waals surface area contributed by atoms with Crippen molar-refractivity contribution in [2.45, 2.75) is 0 Å². The highest BCUT2D eigenvalue weighted by Crippen LogP contribution is 2.22. The number of aromatic nitrogens is 1. The topological polar surface area (TPSA) is 72.5 Å². The van der Waals surface area contributed by atoms with Crippen LogP contribution in [0.15, 0.2) is 67.0 Å². The van der Waals surface area contributed by atoms with E-state index in [-0.39, 0.29) is 5.91 Å². The van der Waals surface area contributed by atoms with Gasteiger partial charge < -0.3 is 20.1 Å². The maximum Gasteiger partial charge on any atom is 0.257 e. The summed E-state index contributed by atoms with van der Waals surface area (Å²) in [4.78, 5) is 16.6. The minimum absolute atomic E-state index is 0.239. The van der Waals surface area contributed by atoms with E-state index in [9.17, 15) is 4.79 Å². The monoisotopic (exact) mass is 349 g/mol. The number of carbonyl (C=O) groups is 1. The lowest BCUT2D eigenvalue weighted by Gasteiger charge is -2.10. The third-order valence-corrected chi connectivity index (χ3v) is 3.71. The number of ether oxygens (including phenoxy) is 2. The lowest BCUT2D eigenvalue weighted by molar-refractivity contribution is 0.102. The van der Waals surface area contributed by atoms with Crippen LogP contribution >= 0.6 is 0 Å². The molecule has 0 aliphatic carbocycles. The van der Waals surface area contributed by atoms with Crippen LogP contribution in [0.2, 0.25) is 0 Å². The molecule has 1 aromatic heterocycles. The summed E-state index contributed by atoms with van der Waals surface area (Å²) in [5.41, 5.74) is 2.69. The lowest BCUT2D eigenvalue weighted by Crippen LogP contribution is -2.12. The van der Waals surface area contributed by atoms with Crippen molar-refractivity contribution in [3.63, 3.8) is 0 Å². The van der Waals surface area contributed by atoms with Crippen LogP contribution in [-0.4, -0.2) is 25.1 Å². The van der Waals surface area contributed by atoms with Gasteiger partial charge in [-0.25, -0.2) is 0 Å². The molecule has 0 spiro atoms. The highest BCUT2D eigenvalue weighted by Gasteiger charge is 2.08. The smallest absolute Gasteiger partial charge is 0.257 e. The fourth-order valence-corrected chi connectivity index (χ4v) is 2.38. The van der Waals surface area contributed by atoms with Crippen LogP contribution in [0.1, 0.15) is 10.4 Å². The van der Waals surface area contributed by atoms with Gasteiger partial charge in [0, 0.05) is 23.6 Å². The molecule has 0 bridgehead atoms. The molecule has 1 heterocycles. The van der Waals surface area contributed by atoms with Gasteiger partial charge in [0.05, 0.1) is 31.7 Å². The van der Waals surface area contributed by atoms with Crippen LogP contribution < -0.4 is 20.1 Å². The van der Waals surface area contributed by atoms with E-state index < -0.39 is 0 Å². The summed E-state index contributed by atoms with van der Waals surface area (Å²) in [6.45, 7) is 0. The second kappa shape index (κ2) is 8.02. The van der Waals surface area contributed by atoms with Gasteiger partial charge in [0.1, 0.15) is 11.5 Å². The van der Waals surface area contributed by atoms with Crippen molar-refractivity contribution in [2.75, 3.05) is 24.9 Å². The molecule has 0 fully saturated rings. The Hall–Kier alpha value is -3.54. The van der Waals surface area contributed by atoms with Gasteiger partial charge in [0.25, 0.3) is 5.91 Å². The van der Waals surface area contributed by atoms with Crippen molar-refractivity contribution in [1.82, 2.24) is 4.98 Å². The predicted octanol–water partition coefficient (Wildman–Crippen LogP) is 4.09. The van der Waals surface area contributed by atoms with Gasteiger partial charge in [-0.15, -0.1) is 0 Å². The van der Waals surface area contributed by atoms with Gasteiger partial charge in [0.15, 0.2) is 0 Å². The SMILES string of the molecule is COc1ccc(NC(=O)c2cncc(Nc3cccc(OC)c3)c2)cc1. The van der Waals surface area contributed by atoms with E-state index in [2.05, 4.69) is 15.6 Å². The minimum Gasteiger partial charge on any atom is -0.497 e. The molecule has 0 aliphatic heterocycles. The van der Waals surface area contributed by atoms with Gasteiger partial charge in [-0.1, -0.05) is 6.07 Å². The first-order valence-electron chi connectivity index (χ1n) is 7.99. The quantitative estimate of drug-likeness (QED) is 0.701. The van der Waals surface area contributed by atoms with Gasteiger partial charge in [-0.05, 0) is 42.5 Å². The molecule has 0 saturated heterocycles. The number of nitrogens with one attached hydrogen (secondary N) is 2. The number of amides is 1. The second-order valence-corrected chi connectivity index (χ2v) is 5.50. The van der Waals surface area contributed by atoms with E-state index in [1.165, 1.54) is 6.20 Å².